The molecule has 0 aromatic heterocycles. The summed E-state index contributed by atoms with van der Waals surface area (Å²) in [5.74, 6) is 0.646. The Hall–Kier alpha value is -1.51. The van der Waals surface area contributed by atoms with Gasteiger partial charge in [-0.2, -0.15) is 0 Å². The minimum absolute atomic E-state index is 0.0711. The van der Waals surface area contributed by atoms with Crippen molar-refractivity contribution in [2.75, 3.05) is 0 Å². The maximum Gasteiger partial charge on any atom is 0.260 e. The van der Waals surface area contributed by atoms with Crippen LogP contribution < -0.4 is 10.1 Å². The van der Waals surface area contributed by atoms with Crippen LogP contribution in [0.3, 0.4) is 0 Å². The normalized spacial score (nSPS) is 13.9. The van der Waals surface area contributed by atoms with E-state index in [0.29, 0.717) is 5.75 Å². The molecule has 1 amide bonds. The lowest BCUT2D eigenvalue weighted by Gasteiger charge is -2.17. The average molecular weight is 221 g/mol. The van der Waals surface area contributed by atoms with Crippen molar-refractivity contribution < 1.29 is 9.53 Å². The van der Waals surface area contributed by atoms with Crippen LogP contribution in [0.5, 0.6) is 5.75 Å². The van der Waals surface area contributed by atoms with Crippen molar-refractivity contribution in [1.82, 2.24) is 5.32 Å². The number of rotatable bonds is 5. The van der Waals surface area contributed by atoms with Crippen LogP contribution in [0.4, 0.5) is 0 Å². The summed E-state index contributed by atoms with van der Waals surface area (Å²) in [6.45, 7) is 5.77. The Labute approximate surface area is 96.8 Å². The van der Waals surface area contributed by atoms with E-state index in [-0.39, 0.29) is 11.9 Å². The van der Waals surface area contributed by atoms with E-state index in [2.05, 4.69) is 5.32 Å². The zero-order valence-electron chi connectivity index (χ0n) is 10.1. The molecule has 0 aliphatic carbocycles. The molecular formula is C13H19NO2. The van der Waals surface area contributed by atoms with Gasteiger partial charge in [0.1, 0.15) is 5.75 Å². The lowest BCUT2D eigenvalue weighted by Crippen LogP contribution is -2.40. The van der Waals surface area contributed by atoms with Gasteiger partial charge in [0.05, 0.1) is 0 Å². The molecule has 0 saturated heterocycles. The van der Waals surface area contributed by atoms with Gasteiger partial charge in [0.25, 0.3) is 5.91 Å². The standard InChI is InChI=1S/C13H19NO2/c1-4-10(2)14-13(15)11(3)16-12-8-6-5-7-9-12/h5-11H,4H2,1-3H3,(H,14,15)/t10-,11+/m1/s1. The molecule has 0 bridgehead atoms. The number of carbonyl (C=O) groups is 1. The van der Waals surface area contributed by atoms with Gasteiger partial charge >= 0.3 is 0 Å². The van der Waals surface area contributed by atoms with Crippen LogP contribution in [0.25, 0.3) is 0 Å². The zero-order chi connectivity index (χ0) is 12.0. The second-order valence-electron chi connectivity index (χ2n) is 3.89. The number of amides is 1. The van der Waals surface area contributed by atoms with E-state index in [4.69, 9.17) is 4.74 Å². The number of nitrogens with one attached hydrogen (secondary N) is 1. The van der Waals surface area contributed by atoms with Gasteiger partial charge in [-0.05, 0) is 32.4 Å². The molecule has 1 aromatic rings. The predicted octanol–water partition coefficient (Wildman–Crippen LogP) is 2.37. The Morgan fingerprint density at radius 3 is 2.50 bits per heavy atom. The van der Waals surface area contributed by atoms with E-state index in [1.807, 2.05) is 44.2 Å². The third kappa shape index (κ3) is 3.93. The van der Waals surface area contributed by atoms with E-state index in [1.54, 1.807) is 6.92 Å². The molecule has 1 rings (SSSR count). The van der Waals surface area contributed by atoms with E-state index >= 15 is 0 Å². The van der Waals surface area contributed by atoms with E-state index in [9.17, 15) is 4.79 Å². The SMILES string of the molecule is CC[C@@H](C)NC(=O)[C@H](C)Oc1ccccc1. The number of hydrogen-bond acceptors (Lipinski definition) is 2. The summed E-state index contributed by atoms with van der Waals surface area (Å²) in [6, 6.07) is 9.55. The van der Waals surface area contributed by atoms with Gasteiger partial charge < -0.3 is 10.1 Å². The molecule has 16 heavy (non-hydrogen) atoms. The lowest BCUT2D eigenvalue weighted by atomic mass is 10.2. The quantitative estimate of drug-likeness (QED) is 0.829. The molecule has 0 spiro atoms. The first-order valence-corrected chi connectivity index (χ1v) is 5.65. The Bertz CT molecular complexity index is 324. The smallest absolute Gasteiger partial charge is 0.260 e. The monoisotopic (exact) mass is 221 g/mol. The van der Waals surface area contributed by atoms with E-state index in [1.165, 1.54) is 0 Å². The van der Waals surface area contributed by atoms with Crippen LogP contribution in [-0.4, -0.2) is 18.1 Å². The molecule has 88 valence electrons. The Morgan fingerprint density at radius 2 is 1.94 bits per heavy atom. The Kier molecular flexibility index (Phi) is 4.83. The van der Waals surface area contributed by atoms with Gasteiger partial charge in [0.15, 0.2) is 6.10 Å². The lowest BCUT2D eigenvalue weighted by molar-refractivity contribution is -0.127. The molecule has 3 nitrogen and oxygen atoms in total. The van der Waals surface area contributed by atoms with Crippen LogP contribution >= 0.6 is 0 Å². The van der Waals surface area contributed by atoms with Gasteiger partial charge in [0, 0.05) is 6.04 Å². The van der Waals surface area contributed by atoms with Crippen molar-refractivity contribution in [3.8, 4) is 5.75 Å². The summed E-state index contributed by atoms with van der Waals surface area (Å²) in [5.41, 5.74) is 0. The summed E-state index contributed by atoms with van der Waals surface area (Å²) in [5, 5.41) is 2.89. The molecule has 0 aliphatic rings. The number of ether oxygens (including phenoxy) is 1. The van der Waals surface area contributed by atoms with Gasteiger partial charge in [-0.15, -0.1) is 0 Å². The Morgan fingerprint density at radius 1 is 1.31 bits per heavy atom. The first-order valence-electron chi connectivity index (χ1n) is 5.65. The van der Waals surface area contributed by atoms with Gasteiger partial charge in [-0.1, -0.05) is 25.1 Å². The molecule has 0 saturated carbocycles. The van der Waals surface area contributed by atoms with Crippen LogP contribution in [0.2, 0.25) is 0 Å². The van der Waals surface area contributed by atoms with Crippen LogP contribution in [0, 0.1) is 0 Å². The second kappa shape index (κ2) is 6.16. The third-order valence-electron chi connectivity index (χ3n) is 2.43. The molecule has 0 aliphatic heterocycles. The van der Waals surface area contributed by atoms with Crippen molar-refractivity contribution in [3.05, 3.63) is 30.3 Å². The molecule has 2 atom stereocenters. The number of para-hydroxylation sites is 1. The molecular weight excluding hydrogens is 202 g/mol. The summed E-state index contributed by atoms with van der Waals surface area (Å²) < 4.78 is 5.51. The van der Waals surface area contributed by atoms with Crippen molar-refractivity contribution in [2.24, 2.45) is 0 Å². The van der Waals surface area contributed by atoms with Crippen LogP contribution in [0.1, 0.15) is 27.2 Å². The maximum atomic E-state index is 11.7. The highest BCUT2D eigenvalue weighted by Gasteiger charge is 2.15. The zero-order valence-corrected chi connectivity index (χ0v) is 10.1. The topological polar surface area (TPSA) is 38.3 Å². The minimum Gasteiger partial charge on any atom is -0.481 e. The fourth-order valence-corrected chi connectivity index (χ4v) is 1.22. The predicted molar refractivity (Wildman–Crippen MR) is 64.4 cm³/mol. The molecule has 0 unspecified atom stereocenters. The molecule has 0 fully saturated rings. The van der Waals surface area contributed by atoms with Crippen LogP contribution in [-0.2, 0) is 4.79 Å². The molecule has 0 radical (unpaired) electrons. The van der Waals surface area contributed by atoms with Crippen LogP contribution in [0.15, 0.2) is 30.3 Å². The Balaban J connectivity index is 2.46. The fraction of sp³-hybridized carbons (Fsp3) is 0.462. The summed E-state index contributed by atoms with van der Waals surface area (Å²) in [4.78, 5) is 11.7. The van der Waals surface area contributed by atoms with Gasteiger partial charge in [0.2, 0.25) is 0 Å². The summed E-state index contributed by atoms with van der Waals surface area (Å²) >= 11 is 0. The van der Waals surface area contributed by atoms with Crippen molar-refractivity contribution >= 4 is 5.91 Å². The summed E-state index contributed by atoms with van der Waals surface area (Å²) in [6.07, 6.45) is 0.459. The highest BCUT2D eigenvalue weighted by atomic mass is 16.5. The summed E-state index contributed by atoms with van der Waals surface area (Å²) in [7, 11) is 0. The van der Waals surface area contributed by atoms with Gasteiger partial charge in [-0.25, -0.2) is 0 Å². The first-order chi connectivity index (χ1) is 7.63. The highest BCUT2D eigenvalue weighted by Crippen LogP contribution is 2.10. The number of hydrogen-bond donors (Lipinski definition) is 1. The van der Waals surface area contributed by atoms with Crippen molar-refractivity contribution in [3.63, 3.8) is 0 Å². The van der Waals surface area contributed by atoms with E-state index < -0.39 is 6.10 Å². The largest absolute Gasteiger partial charge is 0.481 e. The second-order valence-corrected chi connectivity index (χ2v) is 3.89. The molecule has 1 aromatic carbocycles. The average Bonchev–Trinajstić information content (AvgIpc) is 2.30. The van der Waals surface area contributed by atoms with Gasteiger partial charge in [-0.3, -0.25) is 4.79 Å². The highest BCUT2D eigenvalue weighted by molar-refractivity contribution is 5.80. The molecule has 1 N–H and O–H groups in total. The molecule has 3 heteroatoms. The third-order valence-corrected chi connectivity index (χ3v) is 2.43. The maximum absolute atomic E-state index is 11.7. The number of benzene rings is 1. The van der Waals surface area contributed by atoms with E-state index in [0.717, 1.165) is 6.42 Å². The molecule has 0 heterocycles. The minimum atomic E-state index is -0.462. The van der Waals surface area contributed by atoms with Crippen molar-refractivity contribution in [2.45, 2.75) is 39.3 Å². The number of carbonyl (C=O) groups excluding carboxylic acids is 1. The fourth-order valence-electron chi connectivity index (χ4n) is 1.22. The first kappa shape index (κ1) is 12.6. The van der Waals surface area contributed by atoms with Crippen molar-refractivity contribution in [1.29, 1.82) is 0 Å².